The maximum absolute atomic E-state index is 13.5. The van der Waals surface area contributed by atoms with Crippen LogP contribution >= 0.6 is 0 Å². The van der Waals surface area contributed by atoms with Crippen molar-refractivity contribution < 1.29 is 26.3 Å². The smallest absolute Gasteiger partial charge is 0.406 e. The molecule has 2 unspecified atom stereocenters. The van der Waals surface area contributed by atoms with Gasteiger partial charge >= 0.3 is 6.18 Å². The van der Waals surface area contributed by atoms with Gasteiger partial charge in [-0.3, -0.25) is 0 Å². The fourth-order valence-electron chi connectivity index (χ4n) is 4.95. The molecule has 4 rings (SSSR count). The van der Waals surface area contributed by atoms with Gasteiger partial charge in [0.05, 0.1) is 35.4 Å². The standard InChI is InChI=1S/C28H33F3N4O3S/c1-19-17-34(2)14-12-23(19)33-24-8-5-9-26-22(24)15-20(35(26)18-28(29,30)31)7-6-13-32-25-11-10-21(39(4,36)37)16-27(25)38-3/h5,8-11,15-16,19,23,32-33H,12-14,17-18H2,1-4H3. The number of alkyl halides is 3. The molecule has 11 heteroatoms. The predicted molar refractivity (Wildman–Crippen MR) is 148 cm³/mol. The number of hydrogen-bond donors (Lipinski definition) is 2. The third-order valence-electron chi connectivity index (χ3n) is 6.92. The lowest BCUT2D eigenvalue weighted by atomic mass is 9.94. The van der Waals surface area contributed by atoms with E-state index in [2.05, 4.69) is 41.3 Å². The second kappa shape index (κ2) is 11.4. The van der Waals surface area contributed by atoms with Crippen molar-refractivity contribution in [1.82, 2.24) is 9.47 Å². The topological polar surface area (TPSA) is 75.6 Å². The molecule has 2 heterocycles. The number of sulfone groups is 1. The highest BCUT2D eigenvalue weighted by Gasteiger charge is 2.30. The quantitative estimate of drug-likeness (QED) is 0.402. The third kappa shape index (κ3) is 6.99. The first-order valence-electron chi connectivity index (χ1n) is 12.6. The van der Waals surface area contributed by atoms with Crippen molar-refractivity contribution in [3.63, 3.8) is 0 Å². The maximum Gasteiger partial charge on any atom is 0.406 e. The van der Waals surface area contributed by atoms with E-state index >= 15 is 0 Å². The summed E-state index contributed by atoms with van der Waals surface area (Å²) in [4.78, 5) is 2.40. The van der Waals surface area contributed by atoms with E-state index in [4.69, 9.17) is 4.74 Å². The number of benzene rings is 2. The zero-order valence-corrected chi connectivity index (χ0v) is 23.2. The first-order chi connectivity index (χ1) is 18.4. The van der Waals surface area contributed by atoms with Crippen LogP contribution < -0.4 is 15.4 Å². The normalized spacial score (nSPS) is 18.4. The van der Waals surface area contributed by atoms with E-state index in [0.29, 0.717) is 28.3 Å². The summed E-state index contributed by atoms with van der Waals surface area (Å²) in [5.74, 6) is 6.51. The van der Waals surface area contributed by atoms with E-state index in [1.165, 1.54) is 23.8 Å². The number of halogens is 3. The average Bonchev–Trinajstić information content (AvgIpc) is 3.19. The number of ether oxygens (including phenoxy) is 1. The second-order valence-corrected chi connectivity index (χ2v) is 12.1. The lowest BCUT2D eigenvalue weighted by molar-refractivity contribution is -0.140. The summed E-state index contributed by atoms with van der Waals surface area (Å²) in [5, 5.41) is 7.32. The fraction of sp³-hybridized carbons (Fsp3) is 0.429. The second-order valence-electron chi connectivity index (χ2n) is 10.0. The summed E-state index contributed by atoms with van der Waals surface area (Å²) in [7, 11) is 0.109. The molecular formula is C28H33F3N4O3S. The highest BCUT2D eigenvalue weighted by Crippen LogP contribution is 2.32. The van der Waals surface area contributed by atoms with Gasteiger partial charge in [-0.05, 0) is 62.2 Å². The Labute approximate surface area is 227 Å². The lowest BCUT2D eigenvalue weighted by Gasteiger charge is -2.36. The summed E-state index contributed by atoms with van der Waals surface area (Å²) < 4.78 is 70.7. The van der Waals surface area contributed by atoms with Crippen molar-refractivity contribution in [2.75, 3.05) is 50.7 Å². The Hall–Kier alpha value is -3.36. The summed E-state index contributed by atoms with van der Waals surface area (Å²) in [6.07, 6.45) is -2.36. The molecule has 3 aromatic rings. The van der Waals surface area contributed by atoms with Gasteiger partial charge in [-0.15, -0.1) is 0 Å². The van der Waals surface area contributed by atoms with E-state index in [-0.39, 0.29) is 23.2 Å². The number of hydrogen-bond acceptors (Lipinski definition) is 6. The van der Waals surface area contributed by atoms with Crippen molar-refractivity contribution >= 4 is 32.1 Å². The Morgan fingerprint density at radius 1 is 1.15 bits per heavy atom. The van der Waals surface area contributed by atoms with Gasteiger partial charge in [0, 0.05) is 36.0 Å². The molecule has 39 heavy (non-hydrogen) atoms. The molecule has 0 aliphatic carbocycles. The van der Waals surface area contributed by atoms with Gasteiger partial charge in [0.15, 0.2) is 9.84 Å². The molecule has 7 nitrogen and oxygen atoms in total. The van der Waals surface area contributed by atoms with Gasteiger partial charge in [0.1, 0.15) is 12.3 Å². The molecule has 2 atom stereocenters. The Morgan fingerprint density at radius 3 is 2.59 bits per heavy atom. The SMILES string of the molecule is COc1cc(S(C)(=O)=O)ccc1NCC#Cc1cc2c(NC3CCN(C)CC3C)cccc2n1CC(F)(F)F. The third-order valence-corrected chi connectivity index (χ3v) is 8.03. The molecule has 0 saturated carbocycles. The highest BCUT2D eigenvalue weighted by atomic mass is 32.2. The van der Waals surface area contributed by atoms with Crippen molar-refractivity contribution in [1.29, 1.82) is 0 Å². The number of methoxy groups -OCH3 is 1. The highest BCUT2D eigenvalue weighted by molar-refractivity contribution is 7.90. The van der Waals surface area contributed by atoms with Crippen molar-refractivity contribution in [3.8, 4) is 17.6 Å². The first-order valence-corrected chi connectivity index (χ1v) is 14.5. The first kappa shape index (κ1) is 28.6. The predicted octanol–water partition coefficient (Wildman–Crippen LogP) is 4.83. The van der Waals surface area contributed by atoms with Crippen LogP contribution in [0.2, 0.25) is 0 Å². The molecule has 0 spiro atoms. The molecule has 2 aromatic carbocycles. The molecule has 0 amide bonds. The van der Waals surface area contributed by atoms with Crippen LogP contribution in [-0.4, -0.2) is 70.2 Å². The van der Waals surface area contributed by atoms with Gasteiger partial charge in [-0.25, -0.2) is 8.42 Å². The Bertz CT molecular complexity index is 1510. The molecule has 1 fully saturated rings. The minimum atomic E-state index is -4.42. The summed E-state index contributed by atoms with van der Waals surface area (Å²) in [5.41, 5.74) is 2.04. The van der Waals surface area contributed by atoms with Gasteiger partial charge in [0.25, 0.3) is 0 Å². The zero-order valence-electron chi connectivity index (χ0n) is 22.4. The summed E-state index contributed by atoms with van der Waals surface area (Å²) in [6.45, 7) is 3.05. The van der Waals surface area contributed by atoms with Gasteiger partial charge < -0.3 is 24.8 Å². The number of piperidine rings is 1. The molecule has 2 N–H and O–H groups in total. The maximum atomic E-state index is 13.5. The number of aromatic nitrogens is 1. The van der Waals surface area contributed by atoms with Gasteiger partial charge in [0.2, 0.25) is 0 Å². The van der Waals surface area contributed by atoms with E-state index < -0.39 is 22.6 Å². The van der Waals surface area contributed by atoms with Crippen LogP contribution in [0.25, 0.3) is 10.9 Å². The number of nitrogens with one attached hydrogen (secondary N) is 2. The molecular weight excluding hydrogens is 529 g/mol. The minimum Gasteiger partial charge on any atom is -0.495 e. The molecule has 0 radical (unpaired) electrons. The van der Waals surface area contributed by atoms with Crippen LogP contribution in [0.4, 0.5) is 24.5 Å². The fourth-order valence-corrected chi connectivity index (χ4v) is 5.59. The average molecular weight is 563 g/mol. The van der Waals surface area contributed by atoms with E-state index in [1.807, 2.05) is 6.07 Å². The Morgan fingerprint density at radius 2 is 1.92 bits per heavy atom. The number of likely N-dealkylation sites (tertiary alicyclic amines) is 1. The summed E-state index contributed by atoms with van der Waals surface area (Å²) >= 11 is 0. The van der Waals surface area contributed by atoms with Crippen LogP contribution in [-0.2, 0) is 16.4 Å². The van der Waals surface area contributed by atoms with E-state index in [0.717, 1.165) is 31.5 Å². The van der Waals surface area contributed by atoms with Crippen molar-refractivity contribution in [3.05, 3.63) is 48.2 Å². The zero-order chi connectivity index (χ0) is 28.4. The number of rotatable bonds is 7. The molecule has 1 saturated heterocycles. The molecule has 0 bridgehead atoms. The van der Waals surface area contributed by atoms with Crippen LogP contribution in [0.1, 0.15) is 19.0 Å². The van der Waals surface area contributed by atoms with Crippen LogP contribution in [0, 0.1) is 17.8 Å². The van der Waals surface area contributed by atoms with Gasteiger partial charge in [-0.1, -0.05) is 18.9 Å². The molecule has 1 aliphatic rings. The molecule has 1 aliphatic heterocycles. The summed E-state index contributed by atoms with van der Waals surface area (Å²) in [6, 6.07) is 11.7. The Kier molecular flexibility index (Phi) is 8.37. The Balaban J connectivity index is 1.61. The molecule has 210 valence electrons. The van der Waals surface area contributed by atoms with E-state index in [1.54, 1.807) is 24.3 Å². The number of nitrogens with zero attached hydrogens (tertiary/aromatic N) is 2. The van der Waals surface area contributed by atoms with Crippen LogP contribution in [0.15, 0.2) is 47.4 Å². The number of anilines is 2. The number of fused-ring (bicyclic) bond motifs is 1. The van der Waals surface area contributed by atoms with Crippen LogP contribution in [0.5, 0.6) is 5.75 Å². The van der Waals surface area contributed by atoms with Crippen LogP contribution in [0.3, 0.4) is 0 Å². The minimum absolute atomic E-state index is 0.111. The van der Waals surface area contributed by atoms with Crippen molar-refractivity contribution in [2.45, 2.75) is 37.0 Å². The monoisotopic (exact) mass is 562 g/mol. The lowest BCUT2D eigenvalue weighted by Crippen LogP contribution is -2.43. The van der Waals surface area contributed by atoms with Gasteiger partial charge in [-0.2, -0.15) is 13.2 Å². The molecule has 1 aromatic heterocycles. The largest absolute Gasteiger partial charge is 0.495 e. The van der Waals surface area contributed by atoms with Crippen molar-refractivity contribution in [2.24, 2.45) is 5.92 Å². The van der Waals surface area contributed by atoms with E-state index in [9.17, 15) is 21.6 Å².